The van der Waals surface area contributed by atoms with E-state index in [-0.39, 0.29) is 0 Å². The predicted molar refractivity (Wildman–Crippen MR) is 108 cm³/mol. The van der Waals surface area contributed by atoms with Crippen molar-refractivity contribution >= 4 is 5.96 Å². The first kappa shape index (κ1) is 21.9. The van der Waals surface area contributed by atoms with Crippen LogP contribution in [0, 0.1) is 5.92 Å². The summed E-state index contributed by atoms with van der Waals surface area (Å²) in [5.41, 5.74) is -0.101. The molecule has 2 aliphatic rings. The van der Waals surface area contributed by atoms with Crippen molar-refractivity contribution in [2.24, 2.45) is 10.9 Å². The first-order valence-corrected chi connectivity index (χ1v) is 10.3. The summed E-state index contributed by atoms with van der Waals surface area (Å²) in [6.45, 7) is 8.06. The molecule has 0 aliphatic carbocycles. The highest BCUT2D eigenvalue weighted by molar-refractivity contribution is 5.80. The molecule has 1 N–H and O–H groups in total. The van der Waals surface area contributed by atoms with Gasteiger partial charge in [0, 0.05) is 26.7 Å². The highest BCUT2D eigenvalue weighted by Gasteiger charge is 2.32. The fraction of sp³-hybridized carbons (Fsp3) is 0.667. The van der Waals surface area contributed by atoms with Crippen molar-refractivity contribution < 1.29 is 17.9 Å². The Hall–Kier alpha value is -1.80. The second-order valence-electron chi connectivity index (χ2n) is 7.97. The molecule has 29 heavy (non-hydrogen) atoms. The zero-order valence-electron chi connectivity index (χ0n) is 17.2. The van der Waals surface area contributed by atoms with Crippen LogP contribution >= 0.6 is 0 Å². The molecule has 0 spiro atoms. The van der Waals surface area contributed by atoms with Crippen LogP contribution < -0.4 is 5.32 Å². The van der Waals surface area contributed by atoms with E-state index in [1.165, 1.54) is 38.1 Å². The molecule has 0 amide bonds. The van der Waals surface area contributed by atoms with Gasteiger partial charge in [0.25, 0.3) is 0 Å². The molecule has 162 valence electrons. The maximum absolute atomic E-state index is 13.0. The van der Waals surface area contributed by atoms with Gasteiger partial charge in [-0.1, -0.05) is 19.1 Å². The Kier molecular flexibility index (Phi) is 7.40. The third kappa shape index (κ3) is 6.09. The molecule has 5 nitrogen and oxygen atoms in total. The number of ether oxygens (including phenoxy) is 1. The van der Waals surface area contributed by atoms with Gasteiger partial charge >= 0.3 is 6.18 Å². The minimum absolute atomic E-state index is 0.411. The van der Waals surface area contributed by atoms with Crippen LogP contribution in [0.15, 0.2) is 29.3 Å². The van der Waals surface area contributed by atoms with E-state index in [1.807, 2.05) is 0 Å². The summed E-state index contributed by atoms with van der Waals surface area (Å²) in [5.74, 6) is 1.27. The Labute approximate surface area is 170 Å². The van der Waals surface area contributed by atoms with Crippen molar-refractivity contribution in [3.63, 3.8) is 0 Å². The molecule has 2 atom stereocenters. The summed E-state index contributed by atoms with van der Waals surface area (Å²) < 4.78 is 44.9. The number of benzene rings is 1. The third-order valence-electron chi connectivity index (χ3n) is 5.54. The monoisotopic (exact) mass is 412 g/mol. The SMILES string of the molecule is CN=C(NCC(C)CN1CCCC1)N1CCOC(c2cccc(C(F)(F)F)c2)C1. The summed E-state index contributed by atoms with van der Waals surface area (Å²) in [5, 5.41) is 3.43. The summed E-state index contributed by atoms with van der Waals surface area (Å²) in [6.07, 6.45) is -2.20. The van der Waals surface area contributed by atoms with Gasteiger partial charge in [-0.15, -0.1) is 0 Å². The van der Waals surface area contributed by atoms with E-state index in [1.54, 1.807) is 13.1 Å². The van der Waals surface area contributed by atoms with Gasteiger partial charge in [0.15, 0.2) is 5.96 Å². The van der Waals surface area contributed by atoms with Gasteiger partial charge in [0.1, 0.15) is 6.10 Å². The van der Waals surface area contributed by atoms with Crippen LogP contribution in [0.25, 0.3) is 0 Å². The Morgan fingerprint density at radius 3 is 2.72 bits per heavy atom. The molecule has 1 aromatic carbocycles. The van der Waals surface area contributed by atoms with Crippen molar-refractivity contribution in [2.75, 3.05) is 52.9 Å². The van der Waals surface area contributed by atoms with Crippen LogP contribution in [-0.2, 0) is 10.9 Å². The summed E-state index contributed by atoms with van der Waals surface area (Å²) >= 11 is 0. The van der Waals surface area contributed by atoms with Gasteiger partial charge in [0.05, 0.1) is 18.7 Å². The minimum atomic E-state index is -4.35. The van der Waals surface area contributed by atoms with E-state index in [0.29, 0.717) is 31.2 Å². The van der Waals surface area contributed by atoms with Gasteiger partial charge in [-0.05, 0) is 49.5 Å². The molecule has 0 aromatic heterocycles. The first-order chi connectivity index (χ1) is 13.9. The highest BCUT2D eigenvalue weighted by atomic mass is 19.4. The number of guanidine groups is 1. The van der Waals surface area contributed by atoms with Crippen molar-refractivity contribution in [2.45, 2.75) is 32.0 Å². The largest absolute Gasteiger partial charge is 0.416 e. The van der Waals surface area contributed by atoms with Crippen LogP contribution in [0.2, 0.25) is 0 Å². The second-order valence-corrected chi connectivity index (χ2v) is 7.97. The fourth-order valence-electron chi connectivity index (χ4n) is 4.03. The molecular weight excluding hydrogens is 381 g/mol. The molecule has 0 saturated carbocycles. The molecule has 2 fully saturated rings. The number of hydrogen-bond donors (Lipinski definition) is 1. The Balaban J connectivity index is 1.57. The molecular formula is C21H31F3N4O. The van der Waals surface area contributed by atoms with E-state index in [2.05, 4.69) is 27.0 Å². The lowest BCUT2D eigenvalue weighted by Crippen LogP contribution is -2.49. The molecule has 2 unspecified atom stereocenters. The molecule has 8 heteroatoms. The smallest absolute Gasteiger partial charge is 0.370 e. The summed E-state index contributed by atoms with van der Waals surface area (Å²) in [7, 11) is 1.74. The Morgan fingerprint density at radius 2 is 2.03 bits per heavy atom. The average molecular weight is 412 g/mol. The van der Waals surface area contributed by atoms with Crippen LogP contribution in [0.3, 0.4) is 0 Å². The number of rotatable bonds is 5. The molecule has 2 aliphatic heterocycles. The zero-order chi connectivity index (χ0) is 20.9. The highest BCUT2D eigenvalue weighted by Crippen LogP contribution is 2.32. The topological polar surface area (TPSA) is 40.1 Å². The van der Waals surface area contributed by atoms with Gasteiger partial charge in [0.2, 0.25) is 0 Å². The maximum Gasteiger partial charge on any atom is 0.416 e. The zero-order valence-corrected chi connectivity index (χ0v) is 17.2. The number of morpholine rings is 1. The molecule has 2 saturated heterocycles. The number of halogens is 3. The Morgan fingerprint density at radius 1 is 1.28 bits per heavy atom. The molecule has 0 bridgehead atoms. The first-order valence-electron chi connectivity index (χ1n) is 10.3. The van der Waals surface area contributed by atoms with Crippen LogP contribution in [-0.4, -0.2) is 68.7 Å². The number of hydrogen-bond acceptors (Lipinski definition) is 3. The van der Waals surface area contributed by atoms with Crippen LogP contribution in [0.4, 0.5) is 13.2 Å². The van der Waals surface area contributed by atoms with Crippen LogP contribution in [0.5, 0.6) is 0 Å². The van der Waals surface area contributed by atoms with Crippen molar-refractivity contribution in [3.8, 4) is 0 Å². The van der Waals surface area contributed by atoms with E-state index in [0.717, 1.165) is 25.1 Å². The standard InChI is InChI=1S/C21H31F3N4O/c1-16(14-27-8-3-4-9-27)13-26-20(25-2)28-10-11-29-19(15-28)17-6-5-7-18(12-17)21(22,23)24/h5-7,12,16,19H,3-4,8-11,13-15H2,1-2H3,(H,25,26). The number of alkyl halides is 3. The quantitative estimate of drug-likeness (QED) is 0.595. The number of nitrogens with zero attached hydrogens (tertiary/aromatic N) is 3. The lowest BCUT2D eigenvalue weighted by molar-refractivity contribution is -0.137. The number of likely N-dealkylation sites (tertiary alicyclic amines) is 1. The Bertz CT molecular complexity index is 689. The summed E-state index contributed by atoms with van der Waals surface area (Å²) in [4.78, 5) is 8.94. The van der Waals surface area contributed by atoms with Gasteiger partial charge < -0.3 is 19.9 Å². The van der Waals surface area contributed by atoms with E-state index in [9.17, 15) is 13.2 Å². The maximum atomic E-state index is 13.0. The molecule has 1 aromatic rings. The second kappa shape index (κ2) is 9.80. The van der Waals surface area contributed by atoms with Gasteiger partial charge in [-0.25, -0.2) is 0 Å². The summed E-state index contributed by atoms with van der Waals surface area (Å²) in [6, 6.07) is 5.40. The predicted octanol–water partition coefficient (Wildman–Crippen LogP) is 3.39. The lowest BCUT2D eigenvalue weighted by Gasteiger charge is -2.36. The number of aliphatic imine (C=N–C) groups is 1. The van der Waals surface area contributed by atoms with Gasteiger partial charge in [-0.2, -0.15) is 13.2 Å². The molecule has 0 radical (unpaired) electrons. The van der Waals surface area contributed by atoms with Crippen molar-refractivity contribution in [3.05, 3.63) is 35.4 Å². The van der Waals surface area contributed by atoms with E-state index < -0.39 is 17.8 Å². The van der Waals surface area contributed by atoms with E-state index in [4.69, 9.17) is 4.74 Å². The van der Waals surface area contributed by atoms with Crippen molar-refractivity contribution in [1.29, 1.82) is 0 Å². The van der Waals surface area contributed by atoms with Crippen LogP contribution in [0.1, 0.15) is 37.0 Å². The average Bonchev–Trinajstić information content (AvgIpc) is 3.21. The minimum Gasteiger partial charge on any atom is -0.370 e. The third-order valence-corrected chi connectivity index (χ3v) is 5.54. The normalized spacial score (nSPS) is 22.7. The molecule has 3 rings (SSSR count). The van der Waals surface area contributed by atoms with Gasteiger partial charge in [-0.3, -0.25) is 4.99 Å². The number of nitrogens with one attached hydrogen (secondary N) is 1. The lowest BCUT2D eigenvalue weighted by atomic mass is 10.0. The fourth-order valence-corrected chi connectivity index (χ4v) is 4.03. The van der Waals surface area contributed by atoms with E-state index >= 15 is 0 Å². The molecule has 2 heterocycles. The van der Waals surface area contributed by atoms with Crippen molar-refractivity contribution in [1.82, 2.24) is 15.1 Å².